The van der Waals surface area contributed by atoms with E-state index in [9.17, 15) is 8.78 Å². The van der Waals surface area contributed by atoms with Crippen LogP contribution in [0.1, 0.15) is 23.6 Å². The molecule has 0 fully saturated rings. The van der Waals surface area contributed by atoms with Gasteiger partial charge in [0.05, 0.1) is 0 Å². The Balaban J connectivity index is 2.00. The maximum absolute atomic E-state index is 13.7. The van der Waals surface area contributed by atoms with E-state index in [1.165, 1.54) is 12.1 Å². The van der Waals surface area contributed by atoms with E-state index >= 15 is 0 Å². The molecule has 1 atom stereocenters. The summed E-state index contributed by atoms with van der Waals surface area (Å²) in [5.74, 6) is -3.25. The van der Waals surface area contributed by atoms with Crippen molar-refractivity contribution in [3.05, 3.63) is 84.1 Å². The second-order valence-electron chi connectivity index (χ2n) is 5.73. The monoisotopic (exact) mass is 329 g/mol. The van der Waals surface area contributed by atoms with Gasteiger partial charge in [-0.15, -0.1) is 0 Å². The average molecular weight is 329 g/mol. The highest BCUT2D eigenvalue weighted by Crippen LogP contribution is 2.31. The maximum atomic E-state index is 13.7. The number of allylic oxidation sites excluding steroid dienone is 1. The zero-order chi connectivity index (χ0) is 17.7. The molecule has 0 aliphatic heterocycles. The van der Waals surface area contributed by atoms with E-state index in [2.05, 4.69) is 18.5 Å². The largest absolute Gasteiger partial charge is 0.387 e. The SMILES string of the molecule is C=Cc1ccc(NC(=C)Cc2ccc(C(F)(F)C(C)O)cc2)cc1. The summed E-state index contributed by atoms with van der Waals surface area (Å²) in [6.45, 7) is 8.75. The smallest absolute Gasteiger partial charge is 0.298 e. The second-order valence-corrected chi connectivity index (χ2v) is 5.73. The number of hydrogen-bond donors (Lipinski definition) is 2. The summed E-state index contributed by atoms with van der Waals surface area (Å²) in [5.41, 5.74) is 3.36. The minimum absolute atomic E-state index is 0.195. The van der Waals surface area contributed by atoms with Crippen LogP contribution in [0.2, 0.25) is 0 Å². The summed E-state index contributed by atoms with van der Waals surface area (Å²) < 4.78 is 27.5. The fourth-order valence-corrected chi connectivity index (χ4v) is 2.28. The van der Waals surface area contributed by atoms with Crippen LogP contribution < -0.4 is 5.32 Å². The predicted molar refractivity (Wildman–Crippen MR) is 95.0 cm³/mol. The van der Waals surface area contributed by atoms with Crippen LogP contribution in [0.3, 0.4) is 0 Å². The molecule has 0 spiro atoms. The van der Waals surface area contributed by atoms with Gasteiger partial charge in [-0.05, 0) is 30.2 Å². The fraction of sp³-hybridized carbons (Fsp3) is 0.200. The Kier molecular flexibility index (Phi) is 5.52. The van der Waals surface area contributed by atoms with Crippen molar-refractivity contribution in [3.63, 3.8) is 0 Å². The van der Waals surface area contributed by atoms with E-state index in [4.69, 9.17) is 5.11 Å². The molecule has 126 valence electrons. The molecule has 2 N–H and O–H groups in total. The minimum Gasteiger partial charge on any atom is -0.387 e. The van der Waals surface area contributed by atoms with Gasteiger partial charge in [0.1, 0.15) is 6.10 Å². The molecular formula is C20H21F2NO. The van der Waals surface area contributed by atoms with Crippen molar-refractivity contribution in [2.75, 3.05) is 5.32 Å². The number of aliphatic hydroxyl groups excluding tert-OH is 1. The zero-order valence-electron chi connectivity index (χ0n) is 13.6. The highest BCUT2D eigenvalue weighted by molar-refractivity contribution is 5.55. The summed E-state index contributed by atoms with van der Waals surface area (Å²) in [7, 11) is 0. The van der Waals surface area contributed by atoms with Gasteiger partial charge < -0.3 is 10.4 Å². The van der Waals surface area contributed by atoms with Gasteiger partial charge in [-0.3, -0.25) is 0 Å². The quantitative estimate of drug-likeness (QED) is 0.751. The molecule has 1 unspecified atom stereocenters. The number of halogens is 2. The third kappa shape index (κ3) is 4.30. The number of alkyl halides is 2. The van der Waals surface area contributed by atoms with E-state index in [-0.39, 0.29) is 5.56 Å². The third-order valence-electron chi connectivity index (χ3n) is 3.75. The Morgan fingerprint density at radius 1 is 1.17 bits per heavy atom. The molecule has 2 aromatic rings. The summed E-state index contributed by atoms with van der Waals surface area (Å²) in [4.78, 5) is 0. The molecule has 0 radical (unpaired) electrons. The van der Waals surface area contributed by atoms with Gasteiger partial charge in [-0.2, -0.15) is 8.78 Å². The normalized spacial score (nSPS) is 12.5. The van der Waals surface area contributed by atoms with Gasteiger partial charge in [0.15, 0.2) is 0 Å². The van der Waals surface area contributed by atoms with Crippen molar-refractivity contribution in [1.82, 2.24) is 0 Å². The van der Waals surface area contributed by atoms with Crippen LogP contribution in [-0.2, 0) is 12.3 Å². The first kappa shape index (κ1) is 17.9. The van der Waals surface area contributed by atoms with Crippen LogP contribution >= 0.6 is 0 Å². The molecule has 2 rings (SSSR count). The fourth-order valence-electron chi connectivity index (χ4n) is 2.28. The van der Waals surface area contributed by atoms with Crippen LogP contribution in [0.15, 0.2) is 67.4 Å². The highest BCUT2D eigenvalue weighted by Gasteiger charge is 2.37. The van der Waals surface area contributed by atoms with E-state index in [0.717, 1.165) is 29.4 Å². The van der Waals surface area contributed by atoms with Gasteiger partial charge in [-0.25, -0.2) is 0 Å². The first-order valence-electron chi connectivity index (χ1n) is 7.65. The Hall–Kier alpha value is -2.46. The van der Waals surface area contributed by atoms with Crippen molar-refractivity contribution in [1.29, 1.82) is 0 Å². The molecule has 0 bridgehead atoms. The van der Waals surface area contributed by atoms with E-state index in [1.807, 2.05) is 24.3 Å². The summed E-state index contributed by atoms with van der Waals surface area (Å²) in [6, 6.07) is 13.7. The predicted octanol–water partition coefficient (Wildman–Crippen LogP) is 4.97. The Morgan fingerprint density at radius 3 is 2.25 bits per heavy atom. The molecule has 0 heterocycles. The molecule has 24 heavy (non-hydrogen) atoms. The third-order valence-corrected chi connectivity index (χ3v) is 3.75. The highest BCUT2D eigenvalue weighted by atomic mass is 19.3. The molecule has 2 nitrogen and oxygen atoms in total. The van der Waals surface area contributed by atoms with E-state index in [0.29, 0.717) is 6.42 Å². The molecular weight excluding hydrogens is 308 g/mol. The molecule has 4 heteroatoms. The number of nitrogens with one attached hydrogen (secondary N) is 1. The van der Waals surface area contributed by atoms with Gasteiger partial charge in [0, 0.05) is 23.4 Å². The van der Waals surface area contributed by atoms with Crippen molar-refractivity contribution in [2.45, 2.75) is 25.4 Å². The maximum Gasteiger partial charge on any atom is 0.298 e. The standard InChI is InChI=1S/C20H21F2NO/c1-4-16-7-11-19(12-8-16)23-14(2)13-17-5-9-18(10-6-17)20(21,22)15(3)24/h4-12,15,23-24H,1-2,13H2,3H3. The van der Waals surface area contributed by atoms with Crippen LogP contribution in [0.4, 0.5) is 14.5 Å². The first-order chi connectivity index (χ1) is 11.3. The van der Waals surface area contributed by atoms with E-state index < -0.39 is 12.0 Å². The van der Waals surface area contributed by atoms with E-state index in [1.54, 1.807) is 18.2 Å². The van der Waals surface area contributed by atoms with Crippen LogP contribution in [-0.4, -0.2) is 11.2 Å². The minimum atomic E-state index is -3.25. The second kappa shape index (κ2) is 7.41. The van der Waals surface area contributed by atoms with Crippen LogP contribution in [0.5, 0.6) is 0 Å². The summed E-state index contributed by atoms with van der Waals surface area (Å²) >= 11 is 0. The Labute approximate surface area is 141 Å². The van der Waals surface area contributed by atoms with Crippen molar-refractivity contribution >= 4 is 11.8 Å². The van der Waals surface area contributed by atoms with Gasteiger partial charge >= 0.3 is 0 Å². The Bertz CT molecular complexity index is 703. The number of aliphatic hydroxyl groups is 1. The lowest BCUT2D eigenvalue weighted by atomic mass is 10.0. The van der Waals surface area contributed by atoms with Gasteiger partial charge in [0.2, 0.25) is 0 Å². The molecule has 0 aliphatic rings. The number of anilines is 1. The molecule has 0 aromatic heterocycles. The van der Waals surface area contributed by atoms with Crippen LogP contribution in [0, 0.1) is 0 Å². The molecule has 0 saturated heterocycles. The lowest BCUT2D eigenvalue weighted by molar-refractivity contribution is -0.106. The first-order valence-corrected chi connectivity index (χ1v) is 7.65. The number of rotatable bonds is 7. The molecule has 0 amide bonds. The lowest BCUT2D eigenvalue weighted by Crippen LogP contribution is -2.27. The number of hydrogen-bond acceptors (Lipinski definition) is 2. The van der Waals surface area contributed by atoms with Crippen LogP contribution in [0.25, 0.3) is 6.08 Å². The summed E-state index contributed by atoms with van der Waals surface area (Å²) in [6.07, 6.45) is 0.561. The lowest BCUT2D eigenvalue weighted by Gasteiger charge is -2.20. The molecule has 2 aromatic carbocycles. The number of benzene rings is 2. The zero-order valence-corrected chi connectivity index (χ0v) is 13.6. The molecule has 0 aliphatic carbocycles. The Morgan fingerprint density at radius 2 is 1.75 bits per heavy atom. The van der Waals surface area contributed by atoms with Gasteiger partial charge in [0.25, 0.3) is 5.92 Å². The molecule has 0 saturated carbocycles. The summed E-state index contributed by atoms with van der Waals surface area (Å²) in [5, 5.41) is 12.4. The topological polar surface area (TPSA) is 32.3 Å². The van der Waals surface area contributed by atoms with Crippen molar-refractivity contribution in [2.24, 2.45) is 0 Å². The van der Waals surface area contributed by atoms with Gasteiger partial charge in [-0.1, -0.05) is 55.6 Å². The van der Waals surface area contributed by atoms with Crippen molar-refractivity contribution < 1.29 is 13.9 Å². The van der Waals surface area contributed by atoms with Crippen molar-refractivity contribution in [3.8, 4) is 0 Å². The average Bonchev–Trinajstić information content (AvgIpc) is 2.56.